The fourth-order valence-electron chi connectivity index (χ4n) is 3.38. The van der Waals surface area contributed by atoms with Gasteiger partial charge in [0.2, 0.25) is 11.9 Å². The average Bonchev–Trinajstić information content (AvgIpc) is 3.25. The Morgan fingerprint density at radius 1 is 1.22 bits per heavy atom. The van der Waals surface area contributed by atoms with Crippen molar-refractivity contribution >= 4 is 81.4 Å². The minimum absolute atomic E-state index is 0. The first-order valence-electron chi connectivity index (χ1n) is 8.67. The lowest BCUT2D eigenvalue weighted by Gasteiger charge is -2.36. The van der Waals surface area contributed by atoms with E-state index in [4.69, 9.17) is 23.8 Å². The van der Waals surface area contributed by atoms with Gasteiger partial charge in [-0.05, 0) is 24.3 Å². The van der Waals surface area contributed by atoms with Crippen LogP contribution in [0.25, 0.3) is 0 Å². The zero-order valence-corrected chi connectivity index (χ0v) is 19.4. The second-order valence-electron chi connectivity index (χ2n) is 6.44. The third-order valence-corrected chi connectivity index (χ3v) is 6.52. The summed E-state index contributed by atoms with van der Waals surface area (Å²) in [5, 5.41) is 3.75. The largest absolute Gasteiger partial charge is 0.369 e. The molecule has 4 rings (SSSR count). The number of halogens is 2. The van der Waals surface area contributed by atoms with E-state index in [0.717, 1.165) is 44.3 Å². The van der Waals surface area contributed by atoms with Gasteiger partial charge in [-0.3, -0.25) is 14.7 Å². The number of nitrogens with zero attached hydrogens (tertiary/aromatic N) is 4. The summed E-state index contributed by atoms with van der Waals surface area (Å²) in [6.45, 7) is 5.93. The van der Waals surface area contributed by atoms with E-state index in [2.05, 4.69) is 32.2 Å². The molecule has 6 nitrogen and oxygen atoms in total. The molecule has 1 unspecified atom stereocenters. The van der Waals surface area contributed by atoms with Gasteiger partial charge in [0.25, 0.3) is 0 Å². The summed E-state index contributed by atoms with van der Waals surface area (Å²) in [7, 11) is 0. The fourth-order valence-corrected chi connectivity index (χ4v) is 5.04. The van der Waals surface area contributed by atoms with E-state index >= 15 is 0 Å². The van der Waals surface area contributed by atoms with Gasteiger partial charge in [0.05, 0.1) is 6.54 Å². The molecule has 2 fully saturated rings. The van der Waals surface area contributed by atoms with Gasteiger partial charge in [-0.1, -0.05) is 35.6 Å². The summed E-state index contributed by atoms with van der Waals surface area (Å²) in [6.07, 6.45) is 0. The number of hydrogen-bond donors (Lipinski definition) is 1. The topological polar surface area (TPSA) is 51.2 Å². The number of nitrogens with one attached hydrogen (secondary N) is 1. The fraction of sp³-hybridized carbons (Fsp3) is 0.471. The Kier molecular flexibility index (Phi) is 7.23. The summed E-state index contributed by atoms with van der Waals surface area (Å²) in [6, 6.07) is 7.96. The molecule has 1 aromatic carbocycles. The zero-order valence-electron chi connectivity index (χ0n) is 14.6. The van der Waals surface area contributed by atoms with Gasteiger partial charge in [-0.2, -0.15) is 0 Å². The summed E-state index contributed by atoms with van der Waals surface area (Å²) in [5.74, 6) is 0.663. The van der Waals surface area contributed by atoms with Crippen molar-refractivity contribution in [2.75, 3.05) is 50.7 Å². The number of guanidine groups is 1. The molecule has 27 heavy (non-hydrogen) atoms. The minimum Gasteiger partial charge on any atom is -0.369 e. The highest BCUT2D eigenvalue weighted by molar-refractivity contribution is 14.0. The summed E-state index contributed by atoms with van der Waals surface area (Å²) >= 11 is 12.8. The predicted octanol–water partition coefficient (Wildman–Crippen LogP) is 2.27. The molecule has 0 radical (unpaired) electrons. The minimum atomic E-state index is -0.144. The molecule has 146 valence electrons. The Hall–Kier alpha value is -0.620. The van der Waals surface area contributed by atoms with Crippen molar-refractivity contribution in [1.29, 1.82) is 0 Å². The van der Waals surface area contributed by atoms with Gasteiger partial charge in [0, 0.05) is 50.0 Å². The molecule has 0 aromatic heterocycles. The molecule has 1 atom stereocenters. The molecule has 10 heteroatoms. The highest BCUT2D eigenvalue weighted by atomic mass is 127. The van der Waals surface area contributed by atoms with Crippen LogP contribution in [0.4, 0.5) is 5.69 Å². The maximum atomic E-state index is 12.7. The van der Waals surface area contributed by atoms with Gasteiger partial charge in [-0.25, -0.2) is 4.90 Å². The number of carbonyl (C=O) groups excluding carboxylic acids is 1. The van der Waals surface area contributed by atoms with Crippen LogP contribution < -0.4 is 10.2 Å². The average molecular weight is 538 g/mol. The Morgan fingerprint density at radius 3 is 2.56 bits per heavy atom. The van der Waals surface area contributed by atoms with E-state index in [0.29, 0.717) is 16.8 Å². The van der Waals surface area contributed by atoms with E-state index in [1.807, 2.05) is 12.1 Å². The monoisotopic (exact) mass is 537 g/mol. The Labute approximate surface area is 190 Å². The van der Waals surface area contributed by atoms with Gasteiger partial charge in [0.15, 0.2) is 4.32 Å². The molecule has 1 N–H and O–H groups in total. The molecule has 3 aliphatic heterocycles. The van der Waals surface area contributed by atoms with Crippen LogP contribution in [0.2, 0.25) is 5.02 Å². The summed E-state index contributed by atoms with van der Waals surface area (Å²) in [5.41, 5.74) is 1.19. The Balaban J connectivity index is 0.00000210. The van der Waals surface area contributed by atoms with E-state index in [9.17, 15) is 4.79 Å². The number of amides is 1. The quantitative estimate of drug-likeness (QED) is 0.472. The van der Waals surface area contributed by atoms with Crippen LogP contribution in [-0.2, 0) is 4.79 Å². The van der Waals surface area contributed by atoms with Crippen molar-refractivity contribution in [3.63, 3.8) is 0 Å². The Morgan fingerprint density at radius 2 is 1.93 bits per heavy atom. The maximum Gasteiger partial charge on any atom is 0.249 e. The molecular formula is C17H21ClIN5OS2. The molecule has 0 bridgehead atoms. The van der Waals surface area contributed by atoms with E-state index < -0.39 is 0 Å². The lowest BCUT2D eigenvalue weighted by atomic mass is 10.2. The Bertz CT molecular complexity index is 739. The third-order valence-electron chi connectivity index (χ3n) is 4.78. The molecule has 0 aliphatic carbocycles. The molecule has 3 heterocycles. The van der Waals surface area contributed by atoms with Crippen molar-refractivity contribution in [3.05, 3.63) is 29.3 Å². The lowest BCUT2D eigenvalue weighted by Crippen LogP contribution is -2.50. The van der Waals surface area contributed by atoms with Crippen LogP contribution in [0.5, 0.6) is 0 Å². The van der Waals surface area contributed by atoms with Crippen molar-refractivity contribution in [3.8, 4) is 0 Å². The molecule has 0 saturated carbocycles. The number of benzene rings is 1. The van der Waals surface area contributed by atoms with Crippen molar-refractivity contribution in [2.24, 2.45) is 4.99 Å². The number of piperazine rings is 1. The standard InChI is InChI=1S/C17H20ClN5OS2.HI/c18-12-1-3-13(4-2-12)22-9-7-21(8-10-22)11-14-15(24)23(17(25)26-14)16-19-5-6-20-16;/h1-4,14H,5-11H2,(H,19,20);1H. The van der Waals surface area contributed by atoms with Crippen molar-refractivity contribution in [2.45, 2.75) is 5.25 Å². The summed E-state index contributed by atoms with van der Waals surface area (Å²) < 4.78 is 0.605. The first-order chi connectivity index (χ1) is 12.6. The van der Waals surface area contributed by atoms with Gasteiger partial charge in [0.1, 0.15) is 5.25 Å². The van der Waals surface area contributed by atoms with Crippen LogP contribution in [0.3, 0.4) is 0 Å². The van der Waals surface area contributed by atoms with Gasteiger partial charge in [-0.15, -0.1) is 24.0 Å². The second kappa shape index (κ2) is 9.25. The molecule has 3 aliphatic rings. The van der Waals surface area contributed by atoms with E-state index in [1.54, 1.807) is 4.90 Å². The van der Waals surface area contributed by atoms with E-state index in [-0.39, 0.29) is 35.1 Å². The highest BCUT2D eigenvalue weighted by Gasteiger charge is 2.41. The van der Waals surface area contributed by atoms with E-state index in [1.165, 1.54) is 17.4 Å². The number of anilines is 1. The molecule has 1 aromatic rings. The second-order valence-corrected chi connectivity index (χ2v) is 8.72. The number of hydrogen-bond acceptors (Lipinski definition) is 7. The first kappa shape index (κ1) is 21.1. The number of thiocarbonyl (C=S) groups is 1. The number of thioether (sulfide) groups is 1. The van der Waals surface area contributed by atoms with Crippen molar-refractivity contribution < 1.29 is 4.79 Å². The first-order valence-corrected chi connectivity index (χ1v) is 10.3. The molecule has 2 saturated heterocycles. The SMILES string of the molecule is I.O=C1C(CN2CCN(c3ccc(Cl)cc3)CC2)SC(=S)N1C1=NCCN1. The number of carbonyl (C=O) groups is 1. The lowest BCUT2D eigenvalue weighted by molar-refractivity contribution is -0.123. The predicted molar refractivity (Wildman–Crippen MR) is 127 cm³/mol. The molecule has 0 spiro atoms. The maximum absolute atomic E-state index is 12.7. The van der Waals surface area contributed by atoms with Crippen LogP contribution in [0.1, 0.15) is 0 Å². The van der Waals surface area contributed by atoms with Crippen molar-refractivity contribution in [1.82, 2.24) is 15.1 Å². The smallest absolute Gasteiger partial charge is 0.249 e. The van der Waals surface area contributed by atoms with Gasteiger partial charge < -0.3 is 10.2 Å². The number of rotatable bonds is 3. The zero-order chi connectivity index (χ0) is 18.1. The third kappa shape index (κ3) is 4.69. The summed E-state index contributed by atoms with van der Waals surface area (Å²) in [4.78, 5) is 23.3. The van der Waals surface area contributed by atoms with Gasteiger partial charge >= 0.3 is 0 Å². The molecule has 1 amide bonds. The van der Waals surface area contributed by atoms with Crippen LogP contribution >= 0.6 is 59.6 Å². The van der Waals surface area contributed by atoms with Crippen LogP contribution in [0.15, 0.2) is 29.3 Å². The number of aliphatic imine (C=N–C) groups is 1. The van der Waals surface area contributed by atoms with Crippen LogP contribution in [-0.4, -0.2) is 77.1 Å². The molecular weight excluding hydrogens is 517 g/mol. The van der Waals surface area contributed by atoms with Crippen LogP contribution in [0, 0.1) is 0 Å². The normalized spacial score (nSPS) is 23.3. The highest BCUT2D eigenvalue weighted by Crippen LogP contribution is 2.29.